The number of rotatable bonds is 8. The molecule has 1 amide bonds. The van der Waals surface area contributed by atoms with E-state index in [4.69, 9.17) is 9.47 Å². The predicted molar refractivity (Wildman–Crippen MR) is 105 cm³/mol. The number of benzene rings is 2. The third-order valence-electron chi connectivity index (χ3n) is 4.29. The van der Waals surface area contributed by atoms with Gasteiger partial charge in [-0.25, -0.2) is 0 Å². The second kappa shape index (κ2) is 9.27. The van der Waals surface area contributed by atoms with E-state index < -0.39 is 0 Å². The van der Waals surface area contributed by atoms with Gasteiger partial charge in [0.15, 0.2) is 11.5 Å². The Kier molecular flexibility index (Phi) is 7.07. The Hall–Kier alpha value is -2.49. The maximum absolute atomic E-state index is 12.4. The van der Waals surface area contributed by atoms with E-state index in [9.17, 15) is 4.79 Å². The summed E-state index contributed by atoms with van der Waals surface area (Å²) in [7, 11) is 0. The van der Waals surface area contributed by atoms with E-state index in [1.807, 2.05) is 58.0 Å². The molecule has 0 heterocycles. The minimum absolute atomic E-state index is 0.0105. The van der Waals surface area contributed by atoms with Gasteiger partial charge in [-0.1, -0.05) is 29.8 Å². The van der Waals surface area contributed by atoms with Crippen LogP contribution in [0.2, 0.25) is 0 Å². The number of carbonyl (C=O) groups is 1. The van der Waals surface area contributed by atoms with Crippen LogP contribution in [0.3, 0.4) is 0 Å². The molecule has 0 bridgehead atoms. The van der Waals surface area contributed by atoms with Gasteiger partial charge in [0.25, 0.3) is 0 Å². The Morgan fingerprint density at radius 1 is 1.00 bits per heavy atom. The average Bonchev–Trinajstić information content (AvgIpc) is 2.59. The van der Waals surface area contributed by atoms with Crippen molar-refractivity contribution >= 4 is 5.91 Å². The molecular formula is C22H29NO3. The fourth-order valence-corrected chi connectivity index (χ4v) is 2.93. The highest BCUT2D eigenvalue weighted by Gasteiger charge is 2.14. The van der Waals surface area contributed by atoms with Gasteiger partial charge in [-0.05, 0) is 63.4 Å². The summed E-state index contributed by atoms with van der Waals surface area (Å²) in [6.07, 6.45) is 0.381. The lowest BCUT2D eigenvalue weighted by Gasteiger charge is -2.18. The van der Waals surface area contributed by atoms with Crippen LogP contribution in [0.15, 0.2) is 36.4 Å². The van der Waals surface area contributed by atoms with Crippen LogP contribution in [0.25, 0.3) is 0 Å². The predicted octanol–water partition coefficient (Wildman–Crippen LogP) is 4.52. The Morgan fingerprint density at radius 3 is 2.35 bits per heavy atom. The zero-order valence-corrected chi connectivity index (χ0v) is 16.4. The van der Waals surface area contributed by atoms with Gasteiger partial charge in [-0.3, -0.25) is 4.79 Å². The van der Waals surface area contributed by atoms with Gasteiger partial charge in [-0.2, -0.15) is 0 Å². The molecule has 2 aromatic rings. The third-order valence-corrected chi connectivity index (χ3v) is 4.29. The summed E-state index contributed by atoms with van der Waals surface area (Å²) in [5, 5.41) is 3.07. The lowest BCUT2D eigenvalue weighted by molar-refractivity contribution is -0.121. The van der Waals surface area contributed by atoms with Crippen molar-refractivity contribution in [3.05, 3.63) is 58.7 Å². The lowest BCUT2D eigenvalue weighted by atomic mass is 10.0. The van der Waals surface area contributed by atoms with Gasteiger partial charge in [-0.15, -0.1) is 0 Å². The number of hydrogen-bond donors (Lipinski definition) is 1. The van der Waals surface area contributed by atoms with Crippen molar-refractivity contribution in [1.82, 2.24) is 5.32 Å². The van der Waals surface area contributed by atoms with Gasteiger partial charge in [0.1, 0.15) is 0 Å². The van der Waals surface area contributed by atoms with Gasteiger partial charge in [0.2, 0.25) is 5.91 Å². The van der Waals surface area contributed by atoms with E-state index in [2.05, 4.69) is 18.3 Å². The molecule has 0 saturated carbocycles. The maximum Gasteiger partial charge on any atom is 0.224 e. The van der Waals surface area contributed by atoms with Gasteiger partial charge < -0.3 is 14.8 Å². The molecule has 0 aliphatic heterocycles. The summed E-state index contributed by atoms with van der Waals surface area (Å²) in [6.45, 7) is 11.1. The van der Waals surface area contributed by atoms with Crippen LogP contribution in [0.5, 0.6) is 11.5 Å². The van der Waals surface area contributed by atoms with Gasteiger partial charge in [0, 0.05) is 0 Å². The van der Waals surface area contributed by atoms with Crippen molar-refractivity contribution in [2.45, 2.75) is 47.1 Å². The molecule has 0 spiro atoms. The zero-order valence-electron chi connectivity index (χ0n) is 16.4. The van der Waals surface area contributed by atoms with Crippen LogP contribution in [0, 0.1) is 13.8 Å². The zero-order chi connectivity index (χ0) is 19.1. The molecule has 2 rings (SSSR count). The summed E-state index contributed by atoms with van der Waals surface area (Å²) >= 11 is 0. The van der Waals surface area contributed by atoms with Crippen molar-refractivity contribution in [2.75, 3.05) is 13.2 Å². The van der Waals surface area contributed by atoms with Gasteiger partial charge in [0.05, 0.1) is 25.7 Å². The first-order valence-corrected chi connectivity index (χ1v) is 9.19. The Labute approximate surface area is 156 Å². The van der Waals surface area contributed by atoms with Gasteiger partial charge >= 0.3 is 0 Å². The van der Waals surface area contributed by atoms with Crippen LogP contribution in [0.1, 0.15) is 49.1 Å². The van der Waals surface area contributed by atoms with E-state index in [0.717, 1.165) is 22.4 Å². The summed E-state index contributed by atoms with van der Waals surface area (Å²) in [6, 6.07) is 11.9. The summed E-state index contributed by atoms with van der Waals surface area (Å²) in [5.41, 5.74) is 4.40. The minimum atomic E-state index is -0.108. The molecule has 4 heteroatoms. The highest BCUT2D eigenvalue weighted by Crippen LogP contribution is 2.30. The van der Waals surface area contributed by atoms with Crippen LogP contribution in [-0.2, 0) is 11.2 Å². The topological polar surface area (TPSA) is 47.6 Å². The van der Waals surface area contributed by atoms with E-state index in [1.165, 1.54) is 5.56 Å². The average molecular weight is 355 g/mol. The fraction of sp³-hybridized carbons (Fsp3) is 0.409. The summed E-state index contributed by atoms with van der Waals surface area (Å²) < 4.78 is 11.3. The molecule has 2 aromatic carbocycles. The molecule has 0 aromatic heterocycles. The number of carbonyl (C=O) groups excluding carboxylic acids is 1. The second-order valence-electron chi connectivity index (χ2n) is 6.47. The first kappa shape index (κ1) is 19.8. The molecule has 0 saturated heterocycles. The number of aryl methyl sites for hydroxylation is 2. The fourth-order valence-electron chi connectivity index (χ4n) is 2.93. The van der Waals surface area contributed by atoms with E-state index in [1.54, 1.807) is 0 Å². The molecule has 0 unspecified atom stereocenters. The van der Waals surface area contributed by atoms with Crippen molar-refractivity contribution in [3.8, 4) is 11.5 Å². The number of ether oxygens (including phenoxy) is 2. The highest BCUT2D eigenvalue weighted by atomic mass is 16.5. The minimum Gasteiger partial charge on any atom is -0.490 e. The SMILES string of the molecule is CCOc1ccc([C@@H](C)NC(=O)Cc2ccc(C)cc2C)cc1OCC. The summed E-state index contributed by atoms with van der Waals surface area (Å²) in [4.78, 5) is 12.4. The van der Waals surface area contributed by atoms with Crippen LogP contribution >= 0.6 is 0 Å². The first-order valence-electron chi connectivity index (χ1n) is 9.19. The number of nitrogens with one attached hydrogen (secondary N) is 1. The lowest BCUT2D eigenvalue weighted by Crippen LogP contribution is -2.28. The normalized spacial score (nSPS) is 11.7. The van der Waals surface area contributed by atoms with Crippen LogP contribution < -0.4 is 14.8 Å². The molecule has 0 fully saturated rings. The van der Waals surface area contributed by atoms with Crippen molar-refractivity contribution < 1.29 is 14.3 Å². The van der Waals surface area contributed by atoms with Crippen molar-refractivity contribution in [1.29, 1.82) is 0 Å². The molecule has 140 valence electrons. The molecular weight excluding hydrogens is 326 g/mol. The molecule has 0 radical (unpaired) electrons. The molecule has 0 aliphatic rings. The number of amides is 1. The molecule has 4 nitrogen and oxygen atoms in total. The maximum atomic E-state index is 12.4. The standard InChI is InChI=1S/C22H29NO3/c1-6-25-20-11-10-19(13-21(20)26-7-2)17(5)23-22(24)14-18-9-8-15(3)12-16(18)4/h8-13,17H,6-7,14H2,1-5H3,(H,23,24)/t17-/m1/s1. The Bertz CT molecular complexity index is 755. The van der Waals surface area contributed by atoms with Crippen molar-refractivity contribution in [3.63, 3.8) is 0 Å². The quantitative estimate of drug-likeness (QED) is 0.757. The van der Waals surface area contributed by atoms with Crippen molar-refractivity contribution in [2.24, 2.45) is 0 Å². The van der Waals surface area contributed by atoms with E-state index >= 15 is 0 Å². The first-order chi connectivity index (χ1) is 12.4. The molecule has 0 aliphatic carbocycles. The van der Waals surface area contributed by atoms with E-state index in [0.29, 0.717) is 25.4 Å². The Morgan fingerprint density at radius 2 is 1.69 bits per heavy atom. The smallest absolute Gasteiger partial charge is 0.224 e. The van der Waals surface area contributed by atoms with E-state index in [-0.39, 0.29) is 11.9 Å². The number of hydrogen-bond acceptors (Lipinski definition) is 3. The highest BCUT2D eigenvalue weighted by molar-refractivity contribution is 5.79. The van der Waals surface area contributed by atoms with Crippen LogP contribution in [0.4, 0.5) is 0 Å². The molecule has 1 N–H and O–H groups in total. The molecule has 26 heavy (non-hydrogen) atoms. The third kappa shape index (κ3) is 5.25. The largest absolute Gasteiger partial charge is 0.490 e. The molecule has 1 atom stereocenters. The Balaban J connectivity index is 2.07. The monoisotopic (exact) mass is 355 g/mol. The summed E-state index contributed by atoms with van der Waals surface area (Å²) in [5.74, 6) is 1.45. The van der Waals surface area contributed by atoms with Crippen LogP contribution in [-0.4, -0.2) is 19.1 Å². The second-order valence-corrected chi connectivity index (χ2v) is 6.47.